The van der Waals surface area contributed by atoms with E-state index in [9.17, 15) is 14.0 Å². The Hall–Kier alpha value is -1.57. The van der Waals surface area contributed by atoms with Crippen molar-refractivity contribution in [3.05, 3.63) is 68.9 Å². The van der Waals surface area contributed by atoms with Gasteiger partial charge in [-0.05, 0) is 48.8 Å². The van der Waals surface area contributed by atoms with Gasteiger partial charge in [-0.15, -0.1) is 0 Å². The van der Waals surface area contributed by atoms with Gasteiger partial charge in [-0.25, -0.2) is 4.39 Å². The lowest BCUT2D eigenvalue weighted by molar-refractivity contribution is -0.132. The highest BCUT2D eigenvalue weighted by Gasteiger charge is 2.25. The number of nitrogens with one attached hydrogen (secondary N) is 1. The summed E-state index contributed by atoms with van der Waals surface area (Å²) in [5.74, 6) is -0.386. The van der Waals surface area contributed by atoms with Gasteiger partial charge < -0.3 is 10.2 Å². The van der Waals surface area contributed by atoms with Crippen LogP contribution in [0, 0.1) is 5.82 Å². The molecule has 0 saturated carbocycles. The number of carbonyl (C=O) groups is 2. The molecule has 0 spiro atoms. The largest absolute Gasteiger partial charge is 0.340 e. The van der Waals surface area contributed by atoms with Gasteiger partial charge in [-0.2, -0.15) is 11.8 Å². The molecular formula is C20H21BrClFN2O2S. The van der Waals surface area contributed by atoms with Crippen molar-refractivity contribution in [2.75, 3.05) is 19.1 Å². The molecule has 0 heterocycles. The summed E-state index contributed by atoms with van der Waals surface area (Å²) in [5, 5.41) is 3.09. The number of rotatable bonds is 8. The van der Waals surface area contributed by atoms with Crippen LogP contribution >= 0.6 is 39.3 Å². The molecule has 2 rings (SSSR count). The highest BCUT2D eigenvalue weighted by molar-refractivity contribution is 9.10. The molecule has 0 saturated heterocycles. The molecule has 2 aromatic carbocycles. The van der Waals surface area contributed by atoms with E-state index < -0.39 is 11.9 Å². The van der Waals surface area contributed by atoms with Crippen molar-refractivity contribution in [3.8, 4) is 0 Å². The monoisotopic (exact) mass is 486 g/mol. The Bertz CT molecular complexity index is 853. The first-order valence-electron chi connectivity index (χ1n) is 8.56. The zero-order chi connectivity index (χ0) is 20.7. The molecule has 1 N–H and O–H groups in total. The van der Waals surface area contributed by atoms with Gasteiger partial charge in [-0.3, -0.25) is 9.59 Å². The standard InChI is InChI=1S/C20H21BrClFN2O2S/c1-25(12-13-11-14(21)7-8-17(13)23)20(27)18(9-10-28-2)24-19(26)15-5-3-4-6-16(15)22/h3-8,11,18H,9-10,12H2,1-2H3,(H,24,26). The molecule has 0 radical (unpaired) electrons. The molecule has 0 bridgehead atoms. The van der Waals surface area contributed by atoms with Crippen LogP contribution in [0.4, 0.5) is 4.39 Å². The summed E-state index contributed by atoms with van der Waals surface area (Å²) < 4.78 is 14.8. The number of hydrogen-bond donors (Lipinski definition) is 1. The fourth-order valence-corrected chi connectivity index (χ4v) is 3.74. The number of amides is 2. The minimum absolute atomic E-state index is 0.0990. The van der Waals surface area contributed by atoms with Crippen LogP contribution in [0.1, 0.15) is 22.3 Å². The lowest BCUT2D eigenvalue weighted by Gasteiger charge is -2.25. The van der Waals surface area contributed by atoms with E-state index in [4.69, 9.17) is 11.6 Å². The van der Waals surface area contributed by atoms with Gasteiger partial charge in [0.15, 0.2) is 0 Å². The van der Waals surface area contributed by atoms with Crippen LogP contribution in [0.2, 0.25) is 5.02 Å². The molecule has 2 aromatic rings. The van der Waals surface area contributed by atoms with Crippen molar-refractivity contribution >= 4 is 51.1 Å². The smallest absolute Gasteiger partial charge is 0.253 e. The van der Waals surface area contributed by atoms with Crippen LogP contribution in [-0.2, 0) is 11.3 Å². The van der Waals surface area contributed by atoms with Gasteiger partial charge >= 0.3 is 0 Å². The molecule has 2 amide bonds. The molecule has 0 aliphatic carbocycles. The van der Waals surface area contributed by atoms with Crippen LogP contribution in [-0.4, -0.2) is 41.8 Å². The Labute approximate surface area is 182 Å². The van der Waals surface area contributed by atoms with E-state index in [0.717, 1.165) is 4.47 Å². The van der Waals surface area contributed by atoms with Crippen molar-refractivity contribution < 1.29 is 14.0 Å². The summed E-state index contributed by atoms with van der Waals surface area (Å²) in [7, 11) is 1.59. The number of likely N-dealkylation sites (N-methyl/N-ethyl adjacent to an activating group) is 1. The van der Waals surface area contributed by atoms with Crippen molar-refractivity contribution in [1.82, 2.24) is 10.2 Å². The summed E-state index contributed by atoms with van der Waals surface area (Å²) in [6.45, 7) is 0.0990. The molecule has 0 aliphatic rings. The highest BCUT2D eigenvalue weighted by Crippen LogP contribution is 2.18. The Balaban J connectivity index is 2.14. The number of carbonyl (C=O) groups excluding carboxylic acids is 2. The first-order chi connectivity index (χ1) is 13.3. The maximum absolute atomic E-state index is 14.0. The third-order valence-electron chi connectivity index (χ3n) is 4.12. The average Bonchev–Trinajstić information content (AvgIpc) is 2.67. The molecule has 1 atom stereocenters. The molecule has 28 heavy (non-hydrogen) atoms. The fourth-order valence-electron chi connectivity index (χ4n) is 2.64. The second-order valence-electron chi connectivity index (χ2n) is 6.22. The molecular weight excluding hydrogens is 467 g/mol. The topological polar surface area (TPSA) is 49.4 Å². The first-order valence-corrected chi connectivity index (χ1v) is 11.1. The number of thioether (sulfide) groups is 1. The van der Waals surface area contributed by atoms with E-state index in [0.29, 0.717) is 28.3 Å². The third kappa shape index (κ3) is 6.22. The Morgan fingerprint density at radius 1 is 1.29 bits per heavy atom. The molecule has 4 nitrogen and oxygen atoms in total. The maximum atomic E-state index is 14.0. The van der Waals surface area contributed by atoms with E-state index in [-0.39, 0.29) is 18.3 Å². The van der Waals surface area contributed by atoms with Crippen LogP contribution in [0.3, 0.4) is 0 Å². The summed E-state index contributed by atoms with van der Waals surface area (Å²) in [4.78, 5) is 26.9. The van der Waals surface area contributed by atoms with Crippen LogP contribution < -0.4 is 5.32 Å². The van der Waals surface area contributed by atoms with E-state index in [1.54, 1.807) is 55.2 Å². The van der Waals surface area contributed by atoms with Crippen LogP contribution in [0.15, 0.2) is 46.9 Å². The molecule has 0 fully saturated rings. The van der Waals surface area contributed by atoms with Gasteiger partial charge in [0, 0.05) is 23.6 Å². The Morgan fingerprint density at radius 3 is 2.68 bits per heavy atom. The molecule has 8 heteroatoms. The predicted molar refractivity (Wildman–Crippen MR) is 116 cm³/mol. The van der Waals surface area contributed by atoms with E-state index in [2.05, 4.69) is 21.2 Å². The summed E-state index contributed by atoms with van der Waals surface area (Å²) in [6.07, 6.45) is 2.39. The van der Waals surface area contributed by atoms with Crippen LogP contribution in [0.5, 0.6) is 0 Å². The average molecular weight is 488 g/mol. The Kier molecular flexibility index (Phi) is 8.79. The zero-order valence-electron chi connectivity index (χ0n) is 15.5. The lowest BCUT2D eigenvalue weighted by Crippen LogP contribution is -2.47. The number of nitrogens with zero attached hydrogens (tertiary/aromatic N) is 1. The van der Waals surface area contributed by atoms with Crippen molar-refractivity contribution in [1.29, 1.82) is 0 Å². The molecule has 1 unspecified atom stereocenters. The van der Waals surface area contributed by atoms with Crippen molar-refractivity contribution in [2.24, 2.45) is 0 Å². The molecule has 0 aliphatic heterocycles. The number of benzene rings is 2. The quantitative estimate of drug-likeness (QED) is 0.584. The number of hydrogen-bond acceptors (Lipinski definition) is 3. The van der Waals surface area contributed by atoms with Gasteiger partial charge in [0.25, 0.3) is 5.91 Å². The second kappa shape index (κ2) is 10.8. The van der Waals surface area contributed by atoms with Gasteiger partial charge in [-0.1, -0.05) is 39.7 Å². The predicted octanol–water partition coefficient (Wildman–Crippen LogP) is 4.75. The van der Waals surface area contributed by atoms with Crippen LogP contribution in [0.25, 0.3) is 0 Å². The van der Waals surface area contributed by atoms with Crippen molar-refractivity contribution in [3.63, 3.8) is 0 Å². The zero-order valence-corrected chi connectivity index (χ0v) is 18.7. The van der Waals surface area contributed by atoms with Gasteiger partial charge in [0.05, 0.1) is 10.6 Å². The van der Waals surface area contributed by atoms with Gasteiger partial charge in [0.2, 0.25) is 5.91 Å². The number of halogens is 3. The van der Waals surface area contributed by atoms with E-state index in [1.165, 1.54) is 11.0 Å². The molecule has 150 valence electrons. The SMILES string of the molecule is CSCCC(NC(=O)c1ccccc1Cl)C(=O)N(C)Cc1cc(Br)ccc1F. The van der Waals surface area contributed by atoms with Crippen molar-refractivity contribution in [2.45, 2.75) is 19.0 Å². The highest BCUT2D eigenvalue weighted by atomic mass is 79.9. The maximum Gasteiger partial charge on any atom is 0.253 e. The third-order valence-corrected chi connectivity index (χ3v) is 5.59. The molecule has 0 aromatic heterocycles. The minimum Gasteiger partial charge on any atom is -0.340 e. The lowest BCUT2D eigenvalue weighted by atomic mass is 10.1. The summed E-state index contributed by atoms with van der Waals surface area (Å²) in [5.41, 5.74) is 0.707. The normalized spacial score (nSPS) is 11.8. The van der Waals surface area contributed by atoms with Gasteiger partial charge in [0.1, 0.15) is 11.9 Å². The first kappa shape index (κ1) is 22.7. The van der Waals surface area contributed by atoms with E-state index >= 15 is 0 Å². The van der Waals surface area contributed by atoms with E-state index in [1.807, 2.05) is 6.26 Å². The second-order valence-corrected chi connectivity index (χ2v) is 8.53. The summed E-state index contributed by atoms with van der Waals surface area (Å²) in [6, 6.07) is 10.5. The Morgan fingerprint density at radius 2 is 2.00 bits per heavy atom. The summed E-state index contributed by atoms with van der Waals surface area (Å²) >= 11 is 11.0. The minimum atomic E-state index is -0.726. The fraction of sp³-hybridized carbons (Fsp3) is 0.300.